The van der Waals surface area contributed by atoms with Gasteiger partial charge in [-0.1, -0.05) is 0 Å². The Hall–Kier alpha value is -1.83. The number of esters is 1. The Balaban J connectivity index is 1.81. The molecule has 0 saturated heterocycles. The number of carbonyl (C=O) groups excluding carboxylic acids is 3. The fourth-order valence-corrected chi connectivity index (χ4v) is 4.29. The molecule has 2 heterocycles. The minimum absolute atomic E-state index is 0.121. The van der Waals surface area contributed by atoms with Gasteiger partial charge < -0.3 is 9.47 Å². The minimum Gasteiger partial charge on any atom is -0.464 e. The molecule has 120 valence electrons. The fraction of sp³-hybridized carbons (Fsp3) is 0.312. The van der Waals surface area contributed by atoms with Gasteiger partial charge in [-0.25, -0.2) is 4.79 Å². The average Bonchev–Trinajstić information content (AvgIpc) is 3.18. The molecule has 3 rings (SSSR count). The lowest BCUT2D eigenvalue weighted by Gasteiger charge is -2.10. The standard InChI is InChI=1S/C16H14O5S2/c1-3-20-12(17)7-21-8(2)11-6-10-14(19)15-9(4-5-22-15)13(18)16(10)23-11/h4-6,8H,3,7H2,1-2H3. The summed E-state index contributed by atoms with van der Waals surface area (Å²) < 4.78 is 10.3. The molecular weight excluding hydrogens is 336 g/mol. The van der Waals surface area contributed by atoms with Gasteiger partial charge in [-0.2, -0.15) is 0 Å². The third kappa shape index (κ3) is 2.87. The molecule has 0 N–H and O–H groups in total. The Morgan fingerprint density at radius 1 is 1.22 bits per heavy atom. The Labute approximate surface area is 140 Å². The first-order valence-electron chi connectivity index (χ1n) is 7.10. The van der Waals surface area contributed by atoms with E-state index in [1.807, 2.05) is 0 Å². The second kappa shape index (κ2) is 6.35. The summed E-state index contributed by atoms with van der Waals surface area (Å²) in [6.07, 6.45) is -0.395. The molecule has 7 heteroatoms. The topological polar surface area (TPSA) is 69.7 Å². The van der Waals surface area contributed by atoms with E-state index in [0.29, 0.717) is 27.5 Å². The molecule has 0 aromatic carbocycles. The van der Waals surface area contributed by atoms with Gasteiger partial charge in [0.15, 0.2) is 0 Å². The Morgan fingerprint density at radius 3 is 2.70 bits per heavy atom. The van der Waals surface area contributed by atoms with Gasteiger partial charge >= 0.3 is 5.97 Å². The number of carbonyl (C=O) groups is 3. The monoisotopic (exact) mass is 350 g/mol. The molecule has 2 aromatic heterocycles. The first kappa shape index (κ1) is 16.0. The highest BCUT2D eigenvalue weighted by molar-refractivity contribution is 7.16. The number of fused-ring (bicyclic) bond motifs is 2. The van der Waals surface area contributed by atoms with Crippen molar-refractivity contribution in [2.24, 2.45) is 0 Å². The molecule has 1 atom stereocenters. The van der Waals surface area contributed by atoms with Crippen LogP contribution in [0.1, 0.15) is 55.3 Å². The second-order valence-corrected chi connectivity index (χ2v) is 6.97. The maximum absolute atomic E-state index is 12.5. The third-order valence-corrected chi connectivity index (χ3v) is 5.68. The maximum Gasteiger partial charge on any atom is 0.332 e. The predicted octanol–water partition coefficient (Wildman–Crippen LogP) is 3.23. The summed E-state index contributed by atoms with van der Waals surface area (Å²) in [6, 6.07) is 3.38. The molecule has 2 aromatic rings. The summed E-state index contributed by atoms with van der Waals surface area (Å²) in [4.78, 5) is 37.9. The Kier molecular flexibility index (Phi) is 4.43. The Bertz CT molecular complexity index is 738. The van der Waals surface area contributed by atoms with E-state index < -0.39 is 12.1 Å². The van der Waals surface area contributed by atoms with Crippen LogP contribution in [0, 0.1) is 0 Å². The molecule has 0 saturated carbocycles. The largest absolute Gasteiger partial charge is 0.464 e. The van der Waals surface area contributed by atoms with Gasteiger partial charge in [0.05, 0.1) is 22.5 Å². The van der Waals surface area contributed by atoms with Gasteiger partial charge in [0, 0.05) is 16.0 Å². The summed E-state index contributed by atoms with van der Waals surface area (Å²) >= 11 is 2.52. The molecule has 5 nitrogen and oxygen atoms in total. The van der Waals surface area contributed by atoms with Gasteiger partial charge in [-0.15, -0.1) is 22.7 Å². The smallest absolute Gasteiger partial charge is 0.332 e. The zero-order valence-corrected chi connectivity index (χ0v) is 14.2. The van der Waals surface area contributed by atoms with Crippen LogP contribution in [-0.4, -0.2) is 30.7 Å². The maximum atomic E-state index is 12.5. The number of thiophene rings is 2. The first-order valence-corrected chi connectivity index (χ1v) is 8.80. The highest BCUT2D eigenvalue weighted by atomic mass is 32.1. The quantitative estimate of drug-likeness (QED) is 0.661. The molecule has 0 amide bonds. The van der Waals surface area contributed by atoms with Crippen molar-refractivity contribution in [3.63, 3.8) is 0 Å². The zero-order valence-electron chi connectivity index (χ0n) is 12.6. The Morgan fingerprint density at radius 2 is 1.96 bits per heavy atom. The van der Waals surface area contributed by atoms with Crippen molar-refractivity contribution in [3.05, 3.63) is 43.3 Å². The van der Waals surface area contributed by atoms with Gasteiger partial charge in [0.25, 0.3) is 0 Å². The second-order valence-electron chi connectivity index (χ2n) is 4.97. The van der Waals surface area contributed by atoms with Crippen molar-refractivity contribution in [3.8, 4) is 0 Å². The summed E-state index contributed by atoms with van der Waals surface area (Å²) in [5.74, 6) is -0.676. The molecule has 1 aliphatic rings. The van der Waals surface area contributed by atoms with Crippen LogP contribution >= 0.6 is 22.7 Å². The van der Waals surface area contributed by atoms with E-state index in [4.69, 9.17) is 9.47 Å². The van der Waals surface area contributed by atoms with Crippen LogP contribution in [0.3, 0.4) is 0 Å². The SMILES string of the molecule is CCOC(=O)COC(C)c1cc2c(s1)C(=O)c1ccsc1C2=O. The highest BCUT2D eigenvalue weighted by Gasteiger charge is 2.33. The van der Waals surface area contributed by atoms with Crippen LogP contribution in [0.4, 0.5) is 0 Å². The number of rotatable bonds is 5. The zero-order chi connectivity index (χ0) is 16.6. The van der Waals surface area contributed by atoms with Gasteiger partial charge in [-0.3, -0.25) is 9.59 Å². The highest BCUT2D eigenvalue weighted by Crippen LogP contribution is 2.38. The molecule has 23 heavy (non-hydrogen) atoms. The van der Waals surface area contributed by atoms with Crippen LogP contribution in [0.5, 0.6) is 0 Å². The summed E-state index contributed by atoms with van der Waals surface area (Å²) in [7, 11) is 0. The van der Waals surface area contributed by atoms with Gasteiger partial charge in [-0.05, 0) is 31.4 Å². The lowest BCUT2D eigenvalue weighted by atomic mass is 9.96. The minimum atomic E-state index is -0.435. The molecule has 0 fully saturated rings. The van der Waals surface area contributed by atoms with E-state index in [1.54, 1.807) is 31.4 Å². The van der Waals surface area contributed by atoms with Crippen molar-refractivity contribution >= 4 is 40.2 Å². The van der Waals surface area contributed by atoms with E-state index in [1.165, 1.54) is 22.7 Å². The number of hydrogen-bond acceptors (Lipinski definition) is 7. The van der Waals surface area contributed by atoms with E-state index in [2.05, 4.69) is 0 Å². The lowest BCUT2D eigenvalue weighted by molar-refractivity contribution is -0.150. The third-order valence-electron chi connectivity index (χ3n) is 3.48. The van der Waals surface area contributed by atoms with Gasteiger partial charge in [0.2, 0.25) is 11.6 Å². The molecular formula is C16H14O5S2. The van der Waals surface area contributed by atoms with E-state index in [0.717, 1.165) is 4.88 Å². The first-order chi connectivity index (χ1) is 11.0. The fourth-order valence-electron chi connectivity index (χ4n) is 2.33. The van der Waals surface area contributed by atoms with E-state index in [-0.39, 0.29) is 18.2 Å². The van der Waals surface area contributed by atoms with E-state index >= 15 is 0 Å². The van der Waals surface area contributed by atoms with E-state index in [9.17, 15) is 14.4 Å². The number of ketones is 2. The lowest BCUT2D eigenvalue weighted by Crippen LogP contribution is -2.15. The normalized spacial score (nSPS) is 14.3. The molecule has 0 aliphatic heterocycles. The van der Waals surface area contributed by atoms with Crippen molar-refractivity contribution in [2.75, 3.05) is 13.2 Å². The van der Waals surface area contributed by atoms with Crippen molar-refractivity contribution < 1.29 is 23.9 Å². The van der Waals surface area contributed by atoms with Crippen LogP contribution in [0.15, 0.2) is 17.5 Å². The molecule has 1 unspecified atom stereocenters. The van der Waals surface area contributed by atoms with Crippen molar-refractivity contribution in [2.45, 2.75) is 20.0 Å². The van der Waals surface area contributed by atoms with Crippen LogP contribution < -0.4 is 0 Å². The van der Waals surface area contributed by atoms with Crippen LogP contribution in [-0.2, 0) is 14.3 Å². The number of ether oxygens (including phenoxy) is 2. The summed E-state index contributed by atoms with van der Waals surface area (Å²) in [5, 5.41) is 1.75. The van der Waals surface area contributed by atoms with Gasteiger partial charge in [0.1, 0.15) is 6.61 Å². The van der Waals surface area contributed by atoms with Crippen LogP contribution in [0.2, 0.25) is 0 Å². The summed E-state index contributed by atoms with van der Waals surface area (Å²) in [5.41, 5.74) is 0.900. The molecule has 0 spiro atoms. The molecule has 1 aliphatic carbocycles. The van der Waals surface area contributed by atoms with Crippen molar-refractivity contribution in [1.29, 1.82) is 0 Å². The molecule has 0 bridgehead atoms. The number of hydrogen-bond donors (Lipinski definition) is 0. The predicted molar refractivity (Wildman–Crippen MR) is 86.5 cm³/mol. The van der Waals surface area contributed by atoms with Crippen molar-refractivity contribution in [1.82, 2.24) is 0 Å². The molecule has 0 radical (unpaired) electrons. The average molecular weight is 350 g/mol. The van der Waals surface area contributed by atoms with Crippen LogP contribution in [0.25, 0.3) is 0 Å². The summed E-state index contributed by atoms with van der Waals surface area (Å²) in [6.45, 7) is 3.65.